The number of likely N-dealkylation sites (tertiary alicyclic amines) is 1. The second kappa shape index (κ2) is 7.25. The van der Waals surface area contributed by atoms with Crippen LogP contribution < -0.4 is 5.56 Å². The summed E-state index contributed by atoms with van der Waals surface area (Å²) in [5.74, 6) is 0.655. The van der Waals surface area contributed by atoms with Crippen molar-refractivity contribution in [2.75, 3.05) is 33.7 Å². The van der Waals surface area contributed by atoms with Crippen LogP contribution in [-0.4, -0.2) is 54.0 Å². The van der Waals surface area contributed by atoms with E-state index in [1.807, 2.05) is 46.7 Å². The lowest BCUT2D eigenvalue weighted by atomic mass is 9.82. The first-order valence-corrected chi connectivity index (χ1v) is 9.63. The summed E-state index contributed by atoms with van der Waals surface area (Å²) in [4.78, 5) is 29.6. The number of fused-ring (bicyclic) bond motifs is 4. The highest BCUT2D eigenvalue weighted by atomic mass is 16.2. The molecule has 0 radical (unpaired) electrons. The topological polar surface area (TPSA) is 69.3 Å². The van der Waals surface area contributed by atoms with Gasteiger partial charge < -0.3 is 14.4 Å². The van der Waals surface area contributed by atoms with Crippen LogP contribution in [0.25, 0.3) is 11.1 Å². The number of nitriles is 1. The molecule has 0 aliphatic carbocycles. The first-order chi connectivity index (χ1) is 13.5. The highest BCUT2D eigenvalue weighted by Crippen LogP contribution is 2.35. The van der Waals surface area contributed by atoms with E-state index in [0.717, 1.165) is 17.7 Å². The molecule has 1 aromatic heterocycles. The van der Waals surface area contributed by atoms with Gasteiger partial charge in [0.1, 0.15) is 0 Å². The third-order valence-electron chi connectivity index (χ3n) is 5.71. The number of rotatable bonds is 3. The molecule has 1 aromatic carbocycles. The monoisotopic (exact) mass is 376 g/mol. The van der Waals surface area contributed by atoms with Gasteiger partial charge in [-0.25, -0.2) is 0 Å². The van der Waals surface area contributed by atoms with Crippen LogP contribution in [0.2, 0.25) is 0 Å². The molecule has 0 unspecified atom stereocenters. The van der Waals surface area contributed by atoms with E-state index in [2.05, 4.69) is 6.07 Å². The summed E-state index contributed by atoms with van der Waals surface area (Å²) in [6.07, 6.45) is 1.02. The van der Waals surface area contributed by atoms with Gasteiger partial charge in [0.05, 0.1) is 18.2 Å². The van der Waals surface area contributed by atoms with Crippen molar-refractivity contribution in [1.82, 2.24) is 14.4 Å². The highest BCUT2D eigenvalue weighted by molar-refractivity contribution is 5.78. The number of hydrogen-bond donors (Lipinski definition) is 0. The number of hydrogen-bond acceptors (Lipinski definition) is 4. The first-order valence-electron chi connectivity index (χ1n) is 9.63. The van der Waals surface area contributed by atoms with Gasteiger partial charge in [0.25, 0.3) is 5.56 Å². The average molecular weight is 376 g/mol. The van der Waals surface area contributed by atoms with Crippen molar-refractivity contribution in [2.45, 2.75) is 18.9 Å². The Morgan fingerprint density at radius 1 is 1.21 bits per heavy atom. The van der Waals surface area contributed by atoms with Crippen LogP contribution in [0.3, 0.4) is 0 Å². The zero-order chi connectivity index (χ0) is 19.8. The Morgan fingerprint density at radius 3 is 2.79 bits per heavy atom. The van der Waals surface area contributed by atoms with Crippen molar-refractivity contribution in [2.24, 2.45) is 5.92 Å². The fraction of sp³-hybridized carbons (Fsp3) is 0.409. The number of carbonyl (C=O) groups is 1. The van der Waals surface area contributed by atoms with Crippen LogP contribution in [0.5, 0.6) is 0 Å². The van der Waals surface area contributed by atoms with Gasteiger partial charge in [-0.05, 0) is 56.3 Å². The van der Waals surface area contributed by atoms with E-state index in [0.29, 0.717) is 43.2 Å². The van der Waals surface area contributed by atoms with E-state index in [1.165, 1.54) is 0 Å². The van der Waals surface area contributed by atoms with Gasteiger partial charge >= 0.3 is 0 Å². The van der Waals surface area contributed by atoms with E-state index in [4.69, 9.17) is 5.26 Å². The van der Waals surface area contributed by atoms with E-state index in [9.17, 15) is 9.59 Å². The lowest BCUT2D eigenvalue weighted by Gasteiger charge is -2.43. The Morgan fingerprint density at radius 2 is 2.04 bits per heavy atom. The molecule has 0 N–H and O–H groups in total. The minimum Gasteiger partial charge on any atom is -0.341 e. The van der Waals surface area contributed by atoms with E-state index in [-0.39, 0.29) is 17.4 Å². The lowest BCUT2D eigenvalue weighted by Crippen LogP contribution is -2.51. The first kappa shape index (κ1) is 18.5. The predicted molar refractivity (Wildman–Crippen MR) is 107 cm³/mol. The van der Waals surface area contributed by atoms with Crippen LogP contribution in [0.15, 0.2) is 41.2 Å². The summed E-state index contributed by atoms with van der Waals surface area (Å²) in [6, 6.07) is 13.2. The van der Waals surface area contributed by atoms with Crippen molar-refractivity contribution >= 4 is 5.91 Å². The standard InChI is InChI=1S/C22H24N4O2/c1-24(2)14-21(27)25-11-16-9-18(13-25)20-7-6-19(22(28)26(20)12-16)17-5-3-4-15(8-17)10-23/h3-8,16,18H,9,11-14H2,1-2H3/t16-,18+/m0/s1. The number of aromatic nitrogens is 1. The molecule has 2 atom stereocenters. The third-order valence-corrected chi connectivity index (χ3v) is 5.71. The summed E-state index contributed by atoms with van der Waals surface area (Å²) in [7, 11) is 3.81. The summed E-state index contributed by atoms with van der Waals surface area (Å²) in [5.41, 5.74) is 2.96. The second-order valence-corrected chi connectivity index (χ2v) is 8.12. The molecule has 2 aliphatic rings. The smallest absolute Gasteiger partial charge is 0.258 e. The molecule has 0 saturated carbocycles. The van der Waals surface area contributed by atoms with Gasteiger partial charge in [-0.15, -0.1) is 0 Å². The number of amides is 1. The molecule has 6 nitrogen and oxygen atoms in total. The van der Waals surface area contributed by atoms with E-state index >= 15 is 0 Å². The molecular weight excluding hydrogens is 352 g/mol. The Hall–Kier alpha value is -2.91. The van der Waals surface area contributed by atoms with Gasteiger partial charge in [0.2, 0.25) is 5.91 Å². The van der Waals surface area contributed by atoms with Gasteiger partial charge in [-0.3, -0.25) is 9.59 Å². The molecule has 2 bridgehead atoms. The fourth-order valence-corrected chi connectivity index (χ4v) is 4.50. The summed E-state index contributed by atoms with van der Waals surface area (Å²) in [5, 5.41) is 9.14. The summed E-state index contributed by atoms with van der Waals surface area (Å²) < 4.78 is 1.89. The van der Waals surface area contributed by atoms with Crippen molar-refractivity contribution < 1.29 is 4.79 Å². The zero-order valence-electron chi connectivity index (χ0n) is 16.3. The average Bonchev–Trinajstić information content (AvgIpc) is 2.68. The number of piperidine rings is 1. The maximum Gasteiger partial charge on any atom is 0.258 e. The number of benzene rings is 1. The molecular formula is C22H24N4O2. The molecule has 1 saturated heterocycles. The minimum atomic E-state index is -0.00430. The SMILES string of the molecule is CN(C)CC(=O)N1C[C@@H]2C[C@H](C1)c1ccc(-c3cccc(C#N)c3)c(=O)n1C2. The summed E-state index contributed by atoms with van der Waals surface area (Å²) >= 11 is 0. The fourth-order valence-electron chi connectivity index (χ4n) is 4.50. The largest absolute Gasteiger partial charge is 0.341 e. The van der Waals surface area contributed by atoms with Crippen LogP contribution in [0.1, 0.15) is 23.6 Å². The van der Waals surface area contributed by atoms with Gasteiger partial charge in [-0.2, -0.15) is 5.26 Å². The van der Waals surface area contributed by atoms with Gasteiger partial charge in [-0.1, -0.05) is 12.1 Å². The number of nitrogens with zero attached hydrogens (tertiary/aromatic N) is 4. The molecule has 144 valence electrons. The van der Waals surface area contributed by atoms with Crippen LogP contribution in [-0.2, 0) is 11.3 Å². The Balaban J connectivity index is 1.66. The molecule has 6 heteroatoms. The number of likely N-dealkylation sites (N-methyl/N-ethyl adjacent to an activating group) is 1. The molecule has 28 heavy (non-hydrogen) atoms. The van der Waals surface area contributed by atoms with Crippen molar-refractivity contribution in [1.29, 1.82) is 5.26 Å². The van der Waals surface area contributed by atoms with E-state index < -0.39 is 0 Å². The molecule has 1 fully saturated rings. The molecule has 2 aromatic rings. The molecule has 3 heterocycles. The molecule has 4 rings (SSSR count). The van der Waals surface area contributed by atoms with Crippen LogP contribution in [0, 0.1) is 17.2 Å². The lowest BCUT2D eigenvalue weighted by molar-refractivity contribution is -0.134. The van der Waals surface area contributed by atoms with Gasteiger partial charge in [0, 0.05) is 36.8 Å². The van der Waals surface area contributed by atoms with Crippen molar-refractivity contribution in [3.05, 3.63) is 58.0 Å². The number of carbonyl (C=O) groups excluding carboxylic acids is 1. The Labute approximate surface area is 164 Å². The van der Waals surface area contributed by atoms with Crippen LogP contribution in [0.4, 0.5) is 0 Å². The van der Waals surface area contributed by atoms with Crippen molar-refractivity contribution in [3.8, 4) is 17.2 Å². The quantitative estimate of drug-likeness (QED) is 0.820. The zero-order valence-corrected chi connectivity index (χ0v) is 16.3. The Bertz CT molecular complexity index is 1020. The summed E-state index contributed by atoms with van der Waals surface area (Å²) in [6.45, 7) is 2.44. The maximum atomic E-state index is 13.2. The highest BCUT2D eigenvalue weighted by Gasteiger charge is 2.36. The van der Waals surface area contributed by atoms with E-state index in [1.54, 1.807) is 18.2 Å². The van der Waals surface area contributed by atoms with Gasteiger partial charge in [0.15, 0.2) is 0 Å². The second-order valence-electron chi connectivity index (χ2n) is 8.12. The maximum absolute atomic E-state index is 13.2. The Kier molecular flexibility index (Phi) is 4.78. The van der Waals surface area contributed by atoms with Crippen molar-refractivity contribution in [3.63, 3.8) is 0 Å². The number of pyridine rings is 1. The molecule has 2 aliphatic heterocycles. The molecule has 1 amide bonds. The van der Waals surface area contributed by atoms with Crippen LogP contribution >= 0.6 is 0 Å². The normalized spacial score (nSPS) is 20.6. The third kappa shape index (κ3) is 3.34. The molecule has 0 spiro atoms. The predicted octanol–water partition coefficient (Wildman–Crippen LogP) is 1.89. The minimum absolute atomic E-state index is 0.00430.